The summed E-state index contributed by atoms with van der Waals surface area (Å²) in [5, 5.41) is 1.10. The number of ether oxygens (including phenoxy) is 1. The highest BCUT2D eigenvalue weighted by molar-refractivity contribution is 5.98. The first-order valence-electron chi connectivity index (χ1n) is 13.1. The maximum Gasteiger partial charge on any atom is 0.246 e. The molecule has 4 rings (SSSR count). The minimum atomic E-state index is -0.190. The van der Waals surface area contributed by atoms with Crippen LogP contribution in [0.15, 0.2) is 48.5 Å². The van der Waals surface area contributed by atoms with Gasteiger partial charge in [0.1, 0.15) is 11.6 Å². The van der Waals surface area contributed by atoms with Gasteiger partial charge >= 0.3 is 0 Å². The molecule has 1 fully saturated rings. The van der Waals surface area contributed by atoms with Crippen molar-refractivity contribution in [1.29, 1.82) is 0 Å². The minimum absolute atomic E-state index is 0.0422. The van der Waals surface area contributed by atoms with E-state index < -0.39 is 0 Å². The number of hydrogen-bond acceptors (Lipinski definition) is 4. The van der Waals surface area contributed by atoms with E-state index in [2.05, 4.69) is 47.5 Å². The molecule has 1 amide bonds. The average Bonchev–Trinajstić information content (AvgIpc) is 3.15. The lowest BCUT2D eigenvalue weighted by Gasteiger charge is -2.34. The summed E-state index contributed by atoms with van der Waals surface area (Å²) in [6.07, 6.45) is 5.55. The third-order valence-corrected chi connectivity index (χ3v) is 7.25. The molecule has 0 bridgehead atoms. The Labute approximate surface area is 219 Å². The largest absolute Gasteiger partial charge is 0.497 e. The Bertz CT molecular complexity index is 1240. The molecule has 3 aromatic rings. The number of carbonyl (C=O) groups excluding carboxylic acids is 1. The van der Waals surface area contributed by atoms with Gasteiger partial charge in [-0.25, -0.2) is 4.39 Å². The standard InChI is InChI=1S/C30H39FN4O2/c1-23-27(28-22-26(37-4)9-11-29(28)35(23)15-6-14-32(2)3)10-12-30(36)34-19-17-33(18-20-34)16-13-24-7-5-8-25(31)21-24/h5,7-12,21-22H,6,13-20H2,1-4H3. The highest BCUT2D eigenvalue weighted by Crippen LogP contribution is 2.30. The van der Waals surface area contributed by atoms with E-state index in [1.54, 1.807) is 25.3 Å². The normalized spacial score (nSPS) is 14.8. The zero-order valence-electron chi connectivity index (χ0n) is 22.5. The van der Waals surface area contributed by atoms with E-state index in [0.717, 1.165) is 79.0 Å². The monoisotopic (exact) mass is 506 g/mol. The van der Waals surface area contributed by atoms with Gasteiger partial charge in [0.25, 0.3) is 0 Å². The van der Waals surface area contributed by atoms with E-state index in [1.807, 2.05) is 23.1 Å². The first kappa shape index (κ1) is 26.9. The van der Waals surface area contributed by atoms with E-state index in [4.69, 9.17) is 4.74 Å². The molecule has 6 nitrogen and oxygen atoms in total. The maximum atomic E-state index is 13.4. The number of nitrogens with zero attached hydrogens (tertiary/aromatic N) is 4. The summed E-state index contributed by atoms with van der Waals surface area (Å²) in [5.74, 6) is 0.666. The molecule has 0 atom stereocenters. The fourth-order valence-electron chi connectivity index (χ4n) is 5.09. The van der Waals surface area contributed by atoms with Gasteiger partial charge in [-0.3, -0.25) is 9.69 Å². The lowest BCUT2D eigenvalue weighted by atomic mass is 10.1. The summed E-state index contributed by atoms with van der Waals surface area (Å²) in [6, 6.07) is 13.0. The van der Waals surface area contributed by atoms with Gasteiger partial charge in [-0.05, 0) is 82.4 Å². The highest BCUT2D eigenvalue weighted by Gasteiger charge is 2.20. The second-order valence-electron chi connectivity index (χ2n) is 10.1. The highest BCUT2D eigenvalue weighted by atomic mass is 19.1. The number of halogens is 1. The Kier molecular flexibility index (Phi) is 9.00. The Balaban J connectivity index is 1.40. The summed E-state index contributed by atoms with van der Waals surface area (Å²) >= 11 is 0. The van der Waals surface area contributed by atoms with Crippen molar-refractivity contribution in [1.82, 2.24) is 19.3 Å². The molecule has 7 heteroatoms. The molecular formula is C30H39FN4O2. The Morgan fingerprint density at radius 2 is 1.86 bits per heavy atom. The van der Waals surface area contributed by atoms with Crippen molar-refractivity contribution in [2.24, 2.45) is 0 Å². The van der Waals surface area contributed by atoms with Crippen LogP contribution in [0.1, 0.15) is 23.2 Å². The van der Waals surface area contributed by atoms with Crippen LogP contribution < -0.4 is 4.74 Å². The molecule has 1 aliphatic rings. The number of rotatable bonds is 10. The molecule has 0 aliphatic carbocycles. The van der Waals surface area contributed by atoms with Gasteiger partial charge in [-0.15, -0.1) is 0 Å². The number of carbonyl (C=O) groups is 1. The predicted molar refractivity (Wildman–Crippen MR) is 149 cm³/mol. The summed E-state index contributed by atoms with van der Waals surface area (Å²) < 4.78 is 21.3. The molecule has 0 saturated carbocycles. The third-order valence-electron chi connectivity index (χ3n) is 7.25. The van der Waals surface area contributed by atoms with Crippen molar-refractivity contribution in [2.75, 3.05) is 60.5 Å². The molecule has 0 radical (unpaired) electrons. The molecule has 2 heterocycles. The van der Waals surface area contributed by atoms with Crippen LogP contribution >= 0.6 is 0 Å². The number of methoxy groups -OCH3 is 1. The van der Waals surface area contributed by atoms with Gasteiger partial charge < -0.3 is 19.1 Å². The number of aryl methyl sites for hydroxylation is 1. The van der Waals surface area contributed by atoms with Gasteiger partial charge in [-0.1, -0.05) is 12.1 Å². The van der Waals surface area contributed by atoms with Crippen molar-refractivity contribution in [2.45, 2.75) is 26.3 Å². The smallest absolute Gasteiger partial charge is 0.246 e. The number of fused-ring (bicyclic) bond motifs is 1. The fraction of sp³-hybridized carbons (Fsp3) is 0.433. The van der Waals surface area contributed by atoms with Crippen LogP contribution in [0.25, 0.3) is 17.0 Å². The van der Waals surface area contributed by atoms with Crippen molar-refractivity contribution in [3.05, 3.63) is 71.2 Å². The van der Waals surface area contributed by atoms with Crippen LogP contribution in [0, 0.1) is 12.7 Å². The second-order valence-corrected chi connectivity index (χ2v) is 10.1. The number of benzene rings is 2. The van der Waals surface area contributed by atoms with Crippen LogP contribution in [-0.4, -0.2) is 85.6 Å². The van der Waals surface area contributed by atoms with Crippen molar-refractivity contribution in [3.8, 4) is 5.75 Å². The number of amides is 1. The van der Waals surface area contributed by atoms with Crippen molar-refractivity contribution < 1.29 is 13.9 Å². The molecule has 1 aliphatic heterocycles. The molecule has 2 aromatic carbocycles. The number of aromatic nitrogens is 1. The predicted octanol–water partition coefficient (Wildman–Crippen LogP) is 4.45. The molecule has 0 spiro atoms. The van der Waals surface area contributed by atoms with Gasteiger partial charge in [-0.2, -0.15) is 0 Å². The molecule has 198 valence electrons. The lowest BCUT2D eigenvalue weighted by molar-refractivity contribution is -0.127. The maximum absolute atomic E-state index is 13.4. The van der Waals surface area contributed by atoms with Crippen LogP contribution in [-0.2, 0) is 17.8 Å². The first-order valence-corrected chi connectivity index (χ1v) is 13.1. The Morgan fingerprint density at radius 3 is 2.57 bits per heavy atom. The van der Waals surface area contributed by atoms with Crippen LogP contribution in [0.3, 0.4) is 0 Å². The summed E-state index contributed by atoms with van der Waals surface area (Å²) in [7, 11) is 5.86. The van der Waals surface area contributed by atoms with Gasteiger partial charge in [0.05, 0.1) is 7.11 Å². The van der Waals surface area contributed by atoms with Crippen molar-refractivity contribution in [3.63, 3.8) is 0 Å². The number of hydrogen-bond donors (Lipinski definition) is 0. The summed E-state index contributed by atoms with van der Waals surface area (Å²) in [4.78, 5) is 19.5. The van der Waals surface area contributed by atoms with Gasteiger partial charge in [0.15, 0.2) is 0 Å². The lowest BCUT2D eigenvalue weighted by Crippen LogP contribution is -2.48. The minimum Gasteiger partial charge on any atom is -0.497 e. The molecule has 37 heavy (non-hydrogen) atoms. The quantitative estimate of drug-likeness (QED) is 0.381. The zero-order valence-corrected chi connectivity index (χ0v) is 22.5. The van der Waals surface area contributed by atoms with Crippen molar-refractivity contribution >= 4 is 22.9 Å². The zero-order chi connectivity index (χ0) is 26.4. The Hall–Kier alpha value is -3.16. The third kappa shape index (κ3) is 6.79. The molecule has 0 N–H and O–H groups in total. The van der Waals surface area contributed by atoms with Gasteiger partial charge in [0, 0.05) is 67.5 Å². The fourth-order valence-corrected chi connectivity index (χ4v) is 5.09. The molecular weight excluding hydrogens is 467 g/mol. The molecule has 0 unspecified atom stereocenters. The number of piperazine rings is 1. The summed E-state index contributed by atoms with van der Waals surface area (Å²) in [6.45, 7) is 8.00. The van der Waals surface area contributed by atoms with E-state index >= 15 is 0 Å². The van der Waals surface area contributed by atoms with Gasteiger partial charge in [0.2, 0.25) is 5.91 Å². The second kappa shape index (κ2) is 12.4. The topological polar surface area (TPSA) is 41.0 Å². The summed E-state index contributed by atoms with van der Waals surface area (Å²) in [5.41, 5.74) is 4.40. The molecule has 1 aromatic heterocycles. The van der Waals surface area contributed by atoms with Crippen LogP contribution in [0.2, 0.25) is 0 Å². The van der Waals surface area contributed by atoms with E-state index in [-0.39, 0.29) is 11.7 Å². The van der Waals surface area contributed by atoms with E-state index in [9.17, 15) is 9.18 Å². The van der Waals surface area contributed by atoms with E-state index in [0.29, 0.717) is 13.1 Å². The van der Waals surface area contributed by atoms with Crippen LogP contribution in [0.4, 0.5) is 4.39 Å². The average molecular weight is 507 g/mol. The molecule has 1 saturated heterocycles. The Morgan fingerprint density at radius 1 is 1.08 bits per heavy atom. The van der Waals surface area contributed by atoms with E-state index in [1.165, 1.54) is 6.07 Å². The first-order chi connectivity index (χ1) is 17.9. The van der Waals surface area contributed by atoms with Crippen LogP contribution in [0.5, 0.6) is 5.75 Å². The SMILES string of the molecule is COc1ccc2c(c1)c(C=CC(=O)N1CCN(CCc3cccc(F)c3)CC1)c(C)n2CCCN(C)C.